The van der Waals surface area contributed by atoms with Crippen molar-refractivity contribution in [2.45, 2.75) is 64.3 Å². The standard InChI is InChI=1S/C17H28N2O/c1-3-8-17(9-6-5-7-10-19-17)15-12-16(14-18-13-15)20-11-4-2/h12-14,19H,3-11H2,1-2H3. The number of nitrogens with one attached hydrogen (secondary N) is 1. The third kappa shape index (κ3) is 3.72. The molecule has 1 N–H and O–H groups in total. The molecule has 0 spiro atoms. The highest BCUT2D eigenvalue weighted by molar-refractivity contribution is 5.30. The van der Waals surface area contributed by atoms with Crippen LogP contribution in [0, 0.1) is 0 Å². The van der Waals surface area contributed by atoms with Crippen LogP contribution in [0.15, 0.2) is 18.5 Å². The van der Waals surface area contributed by atoms with Gasteiger partial charge < -0.3 is 10.1 Å². The molecule has 1 aromatic heterocycles. The van der Waals surface area contributed by atoms with E-state index >= 15 is 0 Å². The minimum atomic E-state index is 0.101. The van der Waals surface area contributed by atoms with Crippen molar-refractivity contribution in [1.29, 1.82) is 0 Å². The van der Waals surface area contributed by atoms with Gasteiger partial charge in [0.2, 0.25) is 0 Å². The predicted octanol–water partition coefficient (Wildman–Crippen LogP) is 4.03. The van der Waals surface area contributed by atoms with E-state index in [4.69, 9.17) is 4.74 Å². The normalized spacial score (nSPS) is 23.3. The second kappa shape index (κ2) is 7.63. The Labute approximate surface area is 123 Å². The van der Waals surface area contributed by atoms with E-state index in [2.05, 4.69) is 30.2 Å². The molecule has 0 saturated carbocycles. The minimum Gasteiger partial charge on any atom is -0.492 e. The lowest BCUT2D eigenvalue weighted by Crippen LogP contribution is -2.41. The summed E-state index contributed by atoms with van der Waals surface area (Å²) in [7, 11) is 0. The van der Waals surface area contributed by atoms with Gasteiger partial charge in [0.05, 0.1) is 12.8 Å². The molecule has 0 aromatic carbocycles. The predicted molar refractivity (Wildman–Crippen MR) is 83.1 cm³/mol. The second-order valence-corrected chi connectivity index (χ2v) is 5.83. The molecule has 1 saturated heterocycles. The second-order valence-electron chi connectivity index (χ2n) is 5.83. The molecule has 1 aromatic rings. The monoisotopic (exact) mass is 276 g/mol. The summed E-state index contributed by atoms with van der Waals surface area (Å²) in [6, 6.07) is 2.19. The van der Waals surface area contributed by atoms with Crippen LogP contribution in [0.4, 0.5) is 0 Å². The van der Waals surface area contributed by atoms with E-state index in [1.165, 1.54) is 44.1 Å². The van der Waals surface area contributed by atoms with Gasteiger partial charge in [-0.05, 0) is 43.9 Å². The number of hydrogen-bond donors (Lipinski definition) is 1. The molecule has 1 aliphatic rings. The molecule has 2 heterocycles. The summed E-state index contributed by atoms with van der Waals surface area (Å²) < 4.78 is 5.75. The summed E-state index contributed by atoms with van der Waals surface area (Å²) in [4.78, 5) is 4.41. The first-order valence-corrected chi connectivity index (χ1v) is 8.14. The average molecular weight is 276 g/mol. The molecule has 1 aliphatic heterocycles. The lowest BCUT2D eigenvalue weighted by atomic mass is 9.82. The van der Waals surface area contributed by atoms with Gasteiger partial charge in [-0.1, -0.05) is 33.1 Å². The first-order valence-electron chi connectivity index (χ1n) is 8.14. The highest BCUT2D eigenvalue weighted by Crippen LogP contribution is 2.35. The molecule has 2 rings (SSSR count). The quantitative estimate of drug-likeness (QED) is 0.851. The summed E-state index contributed by atoms with van der Waals surface area (Å²) in [5, 5.41) is 3.80. The topological polar surface area (TPSA) is 34.1 Å². The van der Waals surface area contributed by atoms with Gasteiger partial charge in [0.25, 0.3) is 0 Å². The van der Waals surface area contributed by atoms with E-state index in [1.807, 2.05) is 12.4 Å². The van der Waals surface area contributed by atoms with Crippen LogP contribution in [-0.4, -0.2) is 18.1 Å². The Balaban J connectivity index is 2.23. The van der Waals surface area contributed by atoms with Crippen LogP contribution >= 0.6 is 0 Å². The van der Waals surface area contributed by atoms with Crippen molar-refractivity contribution in [2.24, 2.45) is 0 Å². The van der Waals surface area contributed by atoms with Gasteiger partial charge in [0.15, 0.2) is 0 Å². The SMILES string of the molecule is CCCOc1cncc(C2(CCC)CCCCCN2)c1. The van der Waals surface area contributed by atoms with Crippen molar-refractivity contribution >= 4 is 0 Å². The van der Waals surface area contributed by atoms with Crippen molar-refractivity contribution in [1.82, 2.24) is 10.3 Å². The molecular formula is C17H28N2O. The largest absolute Gasteiger partial charge is 0.492 e. The fourth-order valence-electron chi connectivity index (χ4n) is 3.15. The van der Waals surface area contributed by atoms with Gasteiger partial charge in [0.1, 0.15) is 5.75 Å². The van der Waals surface area contributed by atoms with Gasteiger partial charge in [-0.2, -0.15) is 0 Å². The van der Waals surface area contributed by atoms with Crippen LogP contribution in [0.5, 0.6) is 5.75 Å². The number of pyridine rings is 1. The van der Waals surface area contributed by atoms with Crippen molar-refractivity contribution in [3.8, 4) is 5.75 Å². The maximum Gasteiger partial charge on any atom is 0.137 e. The molecule has 112 valence electrons. The Bertz CT molecular complexity index is 398. The van der Waals surface area contributed by atoms with Crippen LogP contribution in [0.1, 0.15) is 64.4 Å². The fourth-order valence-corrected chi connectivity index (χ4v) is 3.15. The van der Waals surface area contributed by atoms with E-state index in [0.717, 1.165) is 25.3 Å². The van der Waals surface area contributed by atoms with E-state index < -0.39 is 0 Å². The Morgan fingerprint density at radius 2 is 2.10 bits per heavy atom. The Kier molecular flexibility index (Phi) is 5.84. The third-order valence-electron chi connectivity index (χ3n) is 4.16. The summed E-state index contributed by atoms with van der Waals surface area (Å²) in [5.41, 5.74) is 1.40. The Hall–Kier alpha value is -1.09. The summed E-state index contributed by atoms with van der Waals surface area (Å²) in [6.07, 6.45) is 12.4. The number of rotatable bonds is 6. The van der Waals surface area contributed by atoms with Crippen molar-refractivity contribution in [3.05, 3.63) is 24.0 Å². The molecule has 0 bridgehead atoms. The zero-order valence-electron chi connectivity index (χ0n) is 13.0. The summed E-state index contributed by atoms with van der Waals surface area (Å²) in [6.45, 7) is 6.27. The molecule has 20 heavy (non-hydrogen) atoms. The number of ether oxygens (including phenoxy) is 1. The van der Waals surface area contributed by atoms with E-state index in [9.17, 15) is 0 Å². The smallest absolute Gasteiger partial charge is 0.137 e. The van der Waals surface area contributed by atoms with Crippen molar-refractivity contribution in [2.75, 3.05) is 13.2 Å². The van der Waals surface area contributed by atoms with Gasteiger partial charge in [-0.3, -0.25) is 4.98 Å². The third-order valence-corrected chi connectivity index (χ3v) is 4.16. The zero-order valence-corrected chi connectivity index (χ0v) is 13.0. The molecule has 1 fully saturated rings. The Morgan fingerprint density at radius 1 is 1.20 bits per heavy atom. The Morgan fingerprint density at radius 3 is 2.90 bits per heavy atom. The lowest BCUT2D eigenvalue weighted by Gasteiger charge is -2.34. The number of hydrogen-bond acceptors (Lipinski definition) is 3. The number of nitrogens with zero attached hydrogens (tertiary/aromatic N) is 1. The first-order chi connectivity index (χ1) is 9.80. The maximum atomic E-state index is 5.75. The average Bonchev–Trinajstić information content (AvgIpc) is 2.72. The maximum absolute atomic E-state index is 5.75. The van der Waals surface area contributed by atoms with Gasteiger partial charge in [-0.15, -0.1) is 0 Å². The summed E-state index contributed by atoms with van der Waals surface area (Å²) >= 11 is 0. The molecule has 1 atom stereocenters. The summed E-state index contributed by atoms with van der Waals surface area (Å²) in [5.74, 6) is 0.908. The van der Waals surface area contributed by atoms with Crippen molar-refractivity contribution in [3.63, 3.8) is 0 Å². The van der Waals surface area contributed by atoms with Gasteiger partial charge in [0, 0.05) is 11.7 Å². The molecule has 3 nitrogen and oxygen atoms in total. The van der Waals surface area contributed by atoms with E-state index in [1.54, 1.807) is 0 Å². The van der Waals surface area contributed by atoms with Crippen LogP contribution in [0.25, 0.3) is 0 Å². The van der Waals surface area contributed by atoms with Crippen molar-refractivity contribution < 1.29 is 4.74 Å². The van der Waals surface area contributed by atoms with Crippen LogP contribution in [0.3, 0.4) is 0 Å². The highest BCUT2D eigenvalue weighted by Gasteiger charge is 2.32. The molecule has 0 radical (unpaired) electrons. The zero-order chi connectivity index (χ0) is 14.3. The molecule has 3 heteroatoms. The lowest BCUT2D eigenvalue weighted by molar-refractivity contribution is 0.289. The minimum absolute atomic E-state index is 0.101. The fraction of sp³-hybridized carbons (Fsp3) is 0.706. The molecule has 0 amide bonds. The molecule has 0 aliphatic carbocycles. The van der Waals surface area contributed by atoms with Crippen LogP contribution in [-0.2, 0) is 5.54 Å². The van der Waals surface area contributed by atoms with Gasteiger partial charge in [-0.25, -0.2) is 0 Å². The van der Waals surface area contributed by atoms with Crippen LogP contribution < -0.4 is 10.1 Å². The number of aromatic nitrogens is 1. The van der Waals surface area contributed by atoms with E-state index in [0.29, 0.717) is 0 Å². The van der Waals surface area contributed by atoms with Gasteiger partial charge >= 0.3 is 0 Å². The highest BCUT2D eigenvalue weighted by atomic mass is 16.5. The van der Waals surface area contributed by atoms with Crippen LogP contribution in [0.2, 0.25) is 0 Å². The van der Waals surface area contributed by atoms with E-state index in [-0.39, 0.29) is 5.54 Å². The molecular weight excluding hydrogens is 248 g/mol. The molecule has 1 unspecified atom stereocenters. The first kappa shape index (κ1) is 15.3.